The van der Waals surface area contributed by atoms with Crippen LogP contribution in [0, 0.1) is 6.92 Å². The first-order valence-corrected chi connectivity index (χ1v) is 9.20. The minimum atomic E-state index is -0.322. The third-order valence-electron chi connectivity index (χ3n) is 4.15. The summed E-state index contributed by atoms with van der Waals surface area (Å²) in [5, 5.41) is 3.27. The van der Waals surface area contributed by atoms with Crippen molar-refractivity contribution < 1.29 is 9.53 Å². The average molecular weight is 376 g/mol. The van der Waals surface area contributed by atoms with Gasteiger partial charge >= 0.3 is 5.97 Å². The van der Waals surface area contributed by atoms with Gasteiger partial charge in [0.25, 0.3) is 0 Å². The van der Waals surface area contributed by atoms with Crippen molar-refractivity contribution in [2.45, 2.75) is 20.4 Å². The zero-order chi connectivity index (χ0) is 19.9. The van der Waals surface area contributed by atoms with Gasteiger partial charge in [-0.05, 0) is 43.7 Å². The lowest BCUT2D eigenvalue weighted by Gasteiger charge is -2.19. The summed E-state index contributed by atoms with van der Waals surface area (Å²) in [7, 11) is 2.01. The molecule has 6 heteroatoms. The maximum Gasteiger partial charge on any atom is 0.338 e. The Morgan fingerprint density at radius 1 is 1.07 bits per heavy atom. The molecule has 0 bridgehead atoms. The fraction of sp³-hybridized carbons (Fsp3) is 0.227. The van der Waals surface area contributed by atoms with E-state index in [-0.39, 0.29) is 5.97 Å². The Balaban J connectivity index is 1.73. The quantitative estimate of drug-likeness (QED) is 0.619. The van der Waals surface area contributed by atoms with Gasteiger partial charge in [-0.2, -0.15) is 0 Å². The summed E-state index contributed by atoms with van der Waals surface area (Å²) in [6, 6.07) is 19.3. The zero-order valence-corrected chi connectivity index (χ0v) is 16.3. The average Bonchev–Trinajstić information content (AvgIpc) is 2.69. The molecule has 0 saturated heterocycles. The number of esters is 1. The Kier molecular flexibility index (Phi) is 6.22. The molecule has 0 amide bonds. The Hall–Kier alpha value is -3.41. The van der Waals surface area contributed by atoms with Gasteiger partial charge in [0.05, 0.1) is 12.2 Å². The van der Waals surface area contributed by atoms with Crippen molar-refractivity contribution in [1.82, 2.24) is 9.97 Å². The summed E-state index contributed by atoms with van der Waals surface area (Å²) in [5.74, 6) is 1.90. The van der Waals surface area contributed by atoms with Gasteiger partial charge in [0.1, 0.15) is 17.5 Å². The van der Waals surface area contributed by atoms with Gasteiger partial charge in [0.2, 0.25) is 0 Å². The Morgan fingerprint density at radius 3 is 2.46 bits per heavy atom. The zero-order valence-electron chi connectivity index (χ0n) is 16.3. The third-order valence-corrected chi connectivity index (χ3v) is 4.15. The molecule has 0 fully saturated rings. The molecule has 0 aliphatic rings. The van der Waals surface area contributed by atoms with E-state index in [0.29, 0.717) is 23.8 Å². The minimum Gasteiger partial charge on any atom is -0.462 e. The van der Waals surface area contributed by atoms with Crippen LogP contribution in [-0.2, 0) is 11.3 Å². The van der Waals surface area contributed by atoms with E-state index in [4.69, 9.17) is 4.74 Å². The Morgan fingerprint density at radius 2 is 1.79 bits per heavy atom. The van der Waals surface area contributed by atoms with Crippen LogP contribution in [0.2, 0.25) is 0 Å². The molecule has 0 aliphatic heterocycles. The fourth-order valence-corrected chi connectivity index (χ4v) is 2.80. The van der Waals surface area contributed by atoms with E-state index in [1.54, 1.807) is 19.1 Å². The lowest BCUT2D eigenvalue weighted by Crippen LogP contribution is -2.18. The van der Waals surface area contributed by atoms with Gasteiger partial charge < -0.3 is 15.0 Å². The summed E-state index contributed by atoms with van der Waals surface area (Å²) in [6.45, 7) is 4.77. The first-order chi connectivity index (χ1) is 13.5. The summed E-state index contributed by atoms with van der Waals surface area (Å²) in [4.78, 5) is 22.9. The highest BCUT2D eigenvalue weighted by atomic mass is 16.5. The highest BCUT2D eigenvalue weighted by Gasteiger charge is 2.09. The molecule has 6 nitrogen and oxygen atoms in total. The van der Waals surface area contributed by atoms with Crippen LogP contribution in [0.5, 0.6) is 0 Å². The lowest BCUT2D eigenvalue weighted by atomic mass is 10.2. The van der Waals surface area contributed by atoms with Crippen molar-refractivity contribution in [1.29, 1.82) is 0 Å². The third kappa shape index (κ3) is 5.07. The molecule has 0 radical (unpaired) electrons. The van der Waals surface area contributed by atoms with E-state index in [2.05, 4.69) is 32.3 Å². The largest absolute Gasteiger partial charge is 0.462 e. The number of hydrogen-bond acceptors (Lipinski definition) is 6. The molecule has 0 aliphatic carbocycles. The van der Waals surface area contributed by atoms with Crippen LogP contribution in [0.25, 0.3) is 0 Å². The molecule has 144 valence electrons. The van der Waals surface area contributed by atoms with Crippen molar-refractivity contribution in [3.05, 3.63) is 77.6 Å². The first-order valence-electron chi connectivity index (χ1n) is 9.20. The maximum absolute atomic E-state index is 11.8. The van der Waals surface area contributed by atoms with Gasteiger partial charge in [-0.15, -0.1) is 0 Å². The number of nitrogens with zero attached hydrogens (tertiary/aromatic N) is 3. The van der Waals surface area contributed by atoms with Crippen LogP contribution >= 0.6 is 0 Å². The minimum absolute atomic E-state index is 0.322. The van der Waals surface area contributed by atoms with Crippen LogP contribution in [-0.4, -0.2) is 29.6 Å². The molecule has 0 spiro atoms. The van der Waals surface area contributed by atoms with Crippen molar-refractivity contribution in [2.24, 2.45) is 0 Å². The molecule has 28 heavy (non-hydrogen) atoms. The number of nitrogens with one attached hydrogen (secondary N) is 1. The van der Waals surface area contributed by atoms with E-state index >= 15 is 0 Å². The highest BCUT2D eigenvalue weighted by Crippen LogP contribution is 2.21. The predicted molar refractivity (Wildman–Crippen MR) is 111 cm³/mol. The number of anilines is 3. The van der Waals surface area contributed by atoms with Gasteiger partial charge in [-0.25, -0.2) is 14.8 Å². The van der Waals surface area contributed by atoms with Crippen molar-refractivity contribution in [3.8, 4) is 0 Å². The standard InChI is InChI=1S/C22H24N4O2/c1-4-28-22(27)18-10-12-19(13-11-18)25-20-14-21(24-16(2)23-20)26(3)15-17-8-6-5-7-9-17/h5-14H,4,15H2,1-3H3,(H,23,24,25). The number of carbonyl (C=O) groups excluding carboxylic acids is 1. The van der Waals surface area contributed by atoms with E-state index in [1.807, 2.05) is 50.4 Å². The number of carbonyl (C=O) groups is 1. The van der Waals surface area contributed by atoms with Gasteiger partial charge in [-0.1, -0.05) is 30.3 Å². The van der Waals surface area contributed by atoms with E-state index in [1.165, 1.54) is 5.56 Å². The summed E-state index contributed by atoms with van der Waals surface area (Å²) in [6.07, 6.45) is 0. The SMILES string of the molecule is CCOC(=O)c1ccc(Nc2cc(N(C)Cc3ccccc3)nc(C)n2)cc1. The van der Waals surface area contributed by atoms with Gasteiger partial charge in [0, 0.05) is 25.3 Å². The molecular formula is C22H24N4O2. The number of ether oxygens (including phenoxy) is 1. The summed E-state index contributed by atoms with van der Waals surface area (Å²) < 4.78 is 5.01. The second kappa shape index (κ2) is 8.99. The van der Waals surface area contributed by atoms with Crippen molar-refractivity contribution in [2.75, 3.05) is 23.9 Å². The van der Waals surface area contributed by atoms with Crippen molar-refractivity contribution >= 4 is 23.3 Å². The molecule has 3 aromatic rings. The fourth-order valence-electron chi connectivity index (χ4n) is 2.80. The molecule has 0 saturated carbocycles. The molecule has 2 aromatic carbocycles. The Bertz CT molecular complexity index is 927. The number of rotatable bonds is 7. The van der Waals surface area contributed by atoms with Crippen LogP contribution in [0.4, 0.5) is 17.3 Å². The predicted octanol–water partition coefficient (Wildman–Crippen LogP) is 4.34. The molecule has 0 atom stereocenters. The lowest BCUT2D eigenvalue weighted by molar-refractivity contribution is 0.0526. The van der Waals surface area contributed by atoms with Crippen LogP contribution in [0.3, 0.4) is 0 Å². The molecular weight excluding hydrogens is 352 g/mol. The second-order valence-corrected chi connectivity index (χ2v) is 6.42. The van der Waals surface area contributed by atoms with Crippen LogP contribution in [0.15, 0.2) is 60.7 Å². The van der Waals surface area contributed by atoms with Gasteiger partial charge in [-0.3, -0.25) is 0 Å². The molecule has 0 unspecified atom stereocenters. The smallest absolute Gasteiger partial charge is 0.338 e. The number of hydrogen-bond donors (Lipinski definition) is 1. The first kappa shape index (κ1) is 19.4. The van der Waals surface area contributed by atoms with Gasteiger partial charge in [0.15, 0.2) is 0 Å². The van der Waals surface area contributed by atoms with Crippen LogP contribution < -0.4 is 10.2 Å². The molecule has 3 rings (SSSR count). The monoisotopic (exact) mass is 376 g/mol. The van der Waals surface area contributed by atoms with E-state index < -0.39 is 0 Å². The van der Waals surface area contributed by atoms with Crippen molar-refractivity contribution in [3.63, 3.8) is 0 Å². The molecule has 1 heterocycles. The molecule has 1 aromatic heterocycles. The highest BCUT2D eigenvalue weighted by molar-refractivity contribution is 5.89. The van der Waals surface area contributed by atoms with Crippen LogP contribution in [0.1, 0.15) is 28.7 Å². The number of benzene rings is 2. The van der Waals surface area contributed by atoms with E-state index in [9.17, 15) is 4.79 Å². The van der Waals surface area contributed by atoms with E-state index in [0.717, 1.165) is 18.1 Å². The topological polar surface area (TPSA) is 67.3 Å². The second-order valence-electron chi connectivity index (χ2n) is 6.42. The summed E-state index contributed by atoms with van der Waals surface area (Å²) in [5.41, 5.74) is 2.57. The number of aromatic nitrogens is 2. The summed E-state index contributed by atoms with van der Waals surface area (Å²) >= 11 is 0. The maximum atomic E-state index is 11.8. The Labute approximate surface area is 165 Å². The normalized spacial score (nSPS) is 10.4. The number of aryl methyl sites for hydroxylation is 1. The molecule has 1 N–H and O–H groups in total.